The lowest BCUT2D eigenvalue weighted by atomic mass is 10.0. The molecule has 5 heteroatoms. The van der Waals surface area contributed by atoms with Crippen molar-refractivity contribution in [3.8, 4) is 6.07 Å². The van der Waals surface area contributed by atoms with Crippen LogP contribution in [-0.2, 0) is 9.53 Å². The molecule has 2 rings (SSSR count). The molecule has 0 spiro atoms. The summed E-state index contributed by atoms with van der Waals surface area (Å²) in [4.78, 5) is 11.9. The average molecular weight is 248 g/mol. The molecule has 0 aromatic heterocycles. The monoisotopic (exact) mass is 248 g/mol. The van der Waals surface area contributed by atoms with Gasteiger partial charge in [0.05, 0.1) is 18.2 Å². The van der Waals surface area contributed by atoms with E-state index in [1.165, 1.54) is 18.2 Å². The fourth-order valence-electron chi connectivity index (χ4n) is 1.92. The number of hydrogen-bond acceptors (Lipinski definition) is 3. The van der Waals surface area contributed by atoms with Crippen LogP contribution in [0.3, 0.4) is 0 Å². The maximum Gasteiger partial charge on any atom is 0.229 e. The molecule has 0 radical (unpaired) electrons. The first-order valence-corrected chi connectivity index (χ1v) is 5.79. The number of hydrogen-bond donors (Lipinski definition) is 1. The highest BCUT2D eigenvalue weighted by molar-refractivity contribution is 5.93. The Kier molecular flexibility index (Phi) is 3.90. The molecule has 1 atom stereocenters. The summed E-state index contributed by atoms with van der Waals surface area (Å²) in [6, 6.07) is 5.92. The fraction of sp³-hybridized carbons (Fsp3) is 0.385. The quantitative estimate of drug-likeness (QED) is 0.871. The van der Waals surface area contributed by atoms with Crippen molar-refractivity contribution >= 4 is 11.6 Å². The van der Waals surface area contributed by atoms with E-state index in [2.05, 4.69) is 5.32 Å². The summed E-state index contributed by atoms with van der Waals surface area (Å²) in [6.45, 7) is 1.05. The summed E-state index contributed by atoms with van der Waals surface area (Å²) in [5.41, 5.74) is 0.0793. The van der Waals surface area contributed by atoms with E-state index < -0.39 is 5.82 Å². The average Bonchev–Trinajstić information content (AvgIpc) is 2.40. The van der Waals surface area contributed by atoms with E-state index in [1.807, 2.05) is 0 Å². The molecule has 1 aromatic carbocycles. The number of benzene rings is 1. The van der Waals surface area contributed by atoms with Crippen LogP contribution < -0.4 is 5.32 Å². The molecular formula is C13H13FN2O2. The number of anilines is 1. The first-order chi connectivity index (χ1) is 8.72. The zero-order chi connectivity index (χ0) is 13.0. The summed E-state index contributed by atoms with van der Waals surface area (Å²) < 4.78 is 18.6. The van der Waals surface area contributed by atoms with Crippen LogP contribution in [0.1, 0.15) is 18.4 Å². The predicted molar refractivity (Wildman–Crippen MR) is 63.3 cm³/mol. The van der Waals surface area contributed by atoms with Gasteiger partial charge in [-0.3, -0.25) is 4.79 Å². The van der Waals surface area contributed by atoms with Gasteiger partial charge in [-0.1, -0.05) is 6.07 Å². The number of nitriles is 1. The highest BCUT2D eigenvalue weighted by atomic mass is 19.1. The van der Waals surface area contributed by atoms with Crippen LogP contribution in [0.4, 0.5) is 10.1 Å². The summed E-state index contributed by atoms with van der Waals surface area (Å²) in [5.74, 6) is -1.08. The number of halogens is 1. The minimum atomic E-state index is -0.629. The van der Waals surface area contributed by atoms with E-state index in [0.717, 1.165) is 12.8 Å². The molecule has 1 fully saturated rings. The third kappa shape index (κ3) is 2.66. The highest BCUT2D eigenvalue weighted by Crippen LogP contribution is 2.20. The number of rotatable bonds is 2. The molecule has 1 saturated heterocycles. The molecule has 94 valence electrons. The van der Waals surface area contributed by atoms with E-state index >= 15 is 0 Å². The van der Waals surface area contributed by atoms with Crippen molar-refractivity contribution in [3.05, 3.63) is 29.6 Å². The number of nitrogens with zero attached hydrogens (tertiary/aromatic N) is 1. The maximum absolute atomic E-state index is 13.3. The summed E-state index contributed by atoms with van der Waals surface area (Å²) in [6.07, 6.45) is 1.59. The molecule has 0 bridgehead atoms. The molecule has 18 heavy (non-hydrogen) atoms. The summed E-state index contributed by atoms with van der Waals surface area (Å²) >= 11 is 0. The van der Waals surface area contributed by atoms with E-state index in [9.17, 15) is 9.18 Å². The van der Waals surface area contributed by atoms with Crippen molar-refractivity contribution in [1.29, 1.82) is 5.26 Å². The molecule has 1 heterocycles. The van der Waals surface area contributed by atoms with Crippen molar-refractivity contribution < 1.29 is 13.9 Å². The van der Waals surface area contributed by atoms with Crippen molar-refractivity contribution in [2.45, 2.75) is 12.8 Å². The molecule has 1 aliphatic rings. The fourth-order valence-corrected chi connectivity index (χ4v) is 1.92. The summed E-state index contributed by atoms with van der Waals surface area (Å²) in [5, 5.41) is 11.4. The summed E-state index contributed by atoms with van der Waals surface area (Å²) in [7, 11) is 0. The second-order valence-corrected chi connectivity index (χ2v) is 4.18. The van der Waals surface area contributed by atoms with Gasteiger partial charge < -0.3 is 10.1 Å². The SMILES string of the molecule is N#Cc1c(F)cccc1NC(=O)C1CCCOC1. The third-order valence-electron chi connectivity index (χ3n) is 2.91. The van der Waals surface area contributed by atoms with E-state index in [-0.39, 0.29) is 23.1 Å². The Bertz CT molecular complexity index is 490. The molecule has 0 saturated carbocycles. The second kappa shape index (κ2) is 5.61. The molecule has 1 aliphatic heterocycles. The minimum Gasteiger partial charge on any atom is -0.381 e. The van der Waals surface area contributed by atoms with Gasteiger partial charge in [-0.2, -0.15) is 5.26 Å². The molecular weight excluding hydrogens is 235 g/mol. The molecule has 4 nitrogen and oxygen atoms in total. The Morgan fingerprint density at radius 3 is 3.06 bits per heavy atom. The van der Waals surface area contributed by atoms with Crippen LogP contribution in [0.5, 0.6) is 0 Å². The Labute approximate surface area is 104 Å². The molecule has 1 unspecified atom stereocenters. The maximum atomic E-state index is 13.3. The molecule has 1 aromatic rings. The van der Waals surface area contributed by atoms with Crippen molar-refractivity contribution in [3.63, 3.8) is 0 Å². The van der Waals surface area contributed by atoms with Gasteiger partial charge in [0.1, 0.15) is 17.4 Å². The molecule has 0 aliphatic carbocycles. The van der Waals surface area contributed by atoms with Gasteiger partial charge in [-0.15, -0.1) is 0 Å². The lowest BCUT2D eigenvalue weighted by Gasteiger charge is -2.21. The highest BCUT2D eigenvalue weighted by Gasteiger charge is 2.22. The zero-order valence-electron chi connectivity index (χ0n) is 9.78. The predicted octanol–water partition coefficient (Wildman–Crippen LogP) is 2.06. The van der Waals surface area contributed by atoms with Gasteiger partial charge in [0.25, 0.3) is 0 Å². The second-order valence-electron chi connectivity index (χ2n) is 4.18. The number of carbonyl (C=O) groups excluding carboxylic acids is 1. The number of ether oxygens (including phenoxy) is 1. The van der Waals surface area contributed by atoms with Crippen LogP contribution in [0.25, 0.3) is 0 Å². The Hall–Kier alpha value is -1.93. The van der Waals surface area contributed by atoms with Gasteiger partial charge >= 0.3 is 0 Å². The third-order valence-corrected chi connectivity index (χ3v) is 2.91. The number of amides is 1. The molecule has 1 N–H and O–H groups in total. The van der Waals surface area contributed by atoms with Crippen LogP contribution in [0, 0.1) is 23.1 Å². The zero-order valence-corrected chi connectivity index (χ0v) is 9.78. The van der Waals surface area contributed by atoms with Gasteiger partial charge in [-0.25, -0.2) is 4.39 Å². The lowest BCUT2D eigenvalue weighted by Crippen LogP contribution is -2.30. The van der Waals surface area contributed by atoms with Crippen LogP contribution in [0.15, 0.2) is 18.2 Å². The van der Waals surface area contributed by atoms with E-state index in [0.29, 0.717) is 13.2 Å². The smallest absolute Gasteiger partial charge is 0.229 e. The normalized spacial score (nSPS) is 19.0. The van der Waals surface area contributed by atoms with Crippen LogP contribution in [0.2, 0.25) is 0 Å². The van der Waals surface area contributed by atoms with Gasteiger partial charge in [-0.05, 0) is 25.0 Å². The Balaban J connectivity index is 2.12. The number of nitrogens with one attached hydrogen (secondary N) is 1. The van der Waals surface area contributed by atoms with Gasteiger partial charge in [0.15, 0.2) is 0 Å². The standard InChI is InChI=1S/C13H13FN2O2/c14-11-4-1-5-12(10(11)7-15)16-13(17)9-3-2-6-18-8-9/h1,4-5,9H,2-3,6,8H2,(H,16,17). The minimum absolute atomic E-state index is 0.137. The number of carbonyl (C=O) groups is 1. The van der Waals surface area contributed by atoms with Gasteiger partial charge in [0, 0.05) is 6.61 Å². The van der Waals surface area contributed by atoms with Gasteiger partial charge in [0.2, 0.25) is 5.91 Å². The first kappa shape index (κ1) is 12.5. The van der Waals surface area contributed by atoms with Crippen molar-refractivity contribution in [2.75, 3.05) is 18.5 Å². The van der Waals surface area contributed by atoms with Crippen LogP contribution in [-0.4, -0.2) is 19.1 Å². The largest absolute Gasteiger partial charge is 0.381 e. The Morgan fingerprint density at radius 1 is 1.56 bits per heavy atom. The van der Waals surface area contributed by atoms with E-state index in [1.54, 1.807) is 6.07 Å². The van der Waals surface area contributed by atoms with Crippen molar-refractivity contribution in [2.24, 2.45) is 5.92 Å². The topological polar surface area (TPSA) is 62.1 Å². The first-order valence-electron chi connectivity index (χ1n) is 5.79. The van der Waals surface area contributed by atoms with Crippen molar-refractivity contribution in [1.82, 2.24) is 0 Å². The molecule has 1 amide bonds. The Morgan fingerprint density at radius 2 is 2.39 bits per heavy atom. The van der Waals surface area contributed by atoms with E-state index in [4.69, 9.17) is 10.00 Å². The lowest BCUT2D eigenvalue weighted by molar-refractivity contribution is -0.123. The van der Waals surface area contributed by atoms with Crippen LogP contribution >= 0.6 is 0 Å².